The number of hydrogen-bond acceptors (Lipinski definition) is 3. The molecule has 0 amide bonds. The van der Waals surface area contributed by atoms with Gasteiger partial charge in [-0.1, -0.05) is 11.8 Å². The number of imidazole rings is 1. The highest BCUT2D eigenvalue weighted by Gasteiger charge is 2.00. The normalized spacial score (nSPS) is 10.0. The quantitative estimate of drug-likeness (QED) is 0.857. The van der Waals surface area contributed by atoms with Gasteiger partial charge in [0.15, 0.2) is 0 Å². The summed E-state index contributed by atoms with van der Waals surface area (Å²) >= 11 is 0. The average molecular weight is 284 g/mol. The molecule has 21 heavy (non-hydrogen) atoms. The lowest BCUT2D eigenvalue weighted by Crippen LogP contribution is -2.08. The Morgan fingerprint density at radius 2 is 2.19 bits per heavy atom. The lowest BCUT2D eigenvalue weighted by molar-refractivity contribution is 0.297. The first kappa shape index (κ1) is 15.1. The number of aromatic nitrogens is 2. The van der Waals surface area contributed by atoms with E-state index in [-0.39, 0.29) is 6.61 Å². The van der Waals surface area contributed by atoms with Crippen molar-refractivity contribution in [3.63, 3.8) is 0 Å². The number of ether oxygens (including phenoxy) is 1. The minimum Gasteiger partial charge on any atom is -0.492 e. The van der Waals surface area contributed by atoms with Crippen LogP contribution in [0.15, 0.2) is 30.6 Å². The van der Waals surface area contributed by atoms with Gasteiger partial charge >= 0.3 is 0 Å². The molecule has 1 aromatic carbocycles. The van der Waals surface area contributed by atoms with E-state index in [0.29, 0.717) is 13.0 Å². The van der Waals surface area contributed by atoms with Crippen LogP contribution in [0.5, 0.6) is 5.75 Å². The van der Waals surface area contributed by atoms with E-state index < -0.39 is 0 Å². The first-order valence-corrected chi connectivity index (χ1v) is 7.01. The maximum absolute atomic E-state index is 8.72. The van der Waals surface area contributed by atoms with Gasteiger partial charge in [0.25, 0.3) is 0 Å². The number of aliphatic hydroxyl groups is 1. The molecule has 1 aromatic heterocycles. The van der Waals surface area contributed by atoms with Crippen LogP contribution in [0.2, 0.25) is 0 Å². The number of aryl methyl sites for hydroxylation is 2. The molecule has 4 heteroatoms. The minimum atomic E-state index is 0.0981. The van der Waals surface area contributed by atoms with Gasteiger partial charge in [-0.2, -0.15) is 0 Å². The molecule has 0 radical (unpaired) electrons. The van der Waals surface area contributed by atoms with E-state index in [0.717, 1.165) is 29.2 Å². The summed E-state index contributed by atoms with van der Waals surface area (Å²) in [5, 5.41) is 8.72. The minimum absolute atomic E-state index is 0.0981. The number of rotatable bonds is 5. The van der Waals surface area contributed by atoms with E-state index >= 15 is 0 Å². The first-order valence-electron chi connectivity index (χ1n) is 7.01. The summed E-state index contributed by atoms with van der Waals surface area (Å²) < 4.78 is 7.82. The Kier molecular flexibility index (Phi) is 5.42. The topological polar surface area (TPSA) is 47.3 Å². The van der Waals surface area contributed by atoms with E-state index in [1.54, 1.807) is 6.20 Å². The molecule has 1 N–H and O–H groups in total. The molecule has 0 fully saturated rings. The van der Waals surface area contributed by atoms with Gasteiger partial charge in [-0.3, -0.25) is 0 Å². The van der Waals surface area contributed by atoms with Crippen molar-refractivity contribution in [3.8, 4) is 17.6 Å². The van der Waals surface area contributed by atoms with Gasteiger partial charge in [-0.05, 0) is 37.6 Å². The molecular formula is C17H20N2O2. The molecule has 2 rings (SSSR count). The monoisotopic (exact) mass is 284 g/mol. The second-order valence-electron chi connectivity index (χ2n) is 4.77. The molecule has 0 saturated heterocycles. The summed E-state index contributed by atoms with van der Waals surface area (Å²) in [6, 6.07) is 5.87. The Morgan fingerprint density at radius 3 is 2.86 bits per heavy atom. The van der Waals surface area contributed by atoms with Crippen LogP contribution in [0, 0.1) is 25.7 Å². The van der Waals surface area contributed by atoms with Gasteiger partial charge < -0.3 is 14.4 Å². The third-order valence-corrected chi connectivity index (χ3v) is 3.18. The molecule has 0 bridgehead atoms. The van der Waals surface area contributed by atoms with Gasteiger partial charge in [0.1, 0.15) is 18.2 Å². The van der Waals surface area contributed by atoms with Gasteiger partial charge in [0.2, 0.25) is 0 Å². The number of aliphatic hydroxyl groups excluding tert-OH is 1. The first-order chi connectivity index (χ1) is 10.2. The maximum Gasteiger partial charge on any atom is 0.119 e. The van der Waals surface area contributed by atoms with Crippen molar-refractivity contribution >= 4 is 0 Å². The number of nitrogens with zero attached hydrogens (tertiary/aromatic N) is 2. The van der Waals surface area contributed by atoms with Crippen LogP contribution in [0.4, 0.5) is 0 Å². The summed E-state index contributed by atoms with van der Waals surface area (Å²) in [4.78, 5) is 4.18. The van der Waals surface area contributed by atoms with Crippen LogP contribution >= 0.6 is 0 Å². The highest BCUT2D eigenvalue weighted by atomic mass is 16.5. The van der Waals surface area contributed by atoms with Crippen LogP contribution < -0.4 is 4.74 Å². The summed E-state index contributed by atoms with van der Waals surface area (Å²) in [6.45, 7) is 5.47. The lowest BCUT2D eigenvalue weighted by atomic mass is 10.1. The predicted molar refractivity (Wildman–Crippen MR) is 82.2 cm³/mol. The molecule has 0 aliphatic carbocycles. The molecule has 2 aromatic rings. The van der Waals surface area contributed by atoms with Crippen molar-refractivity contribution in [3.05, 3.63) is 47.5 Å². The summed E-state index contributed by atoms with van der Waals surface area (Å²) in [5.74, 6) is 7.81. The molecule has 0 unspecified atom stereocenters. The average Bonchev–Trinajstić information content (AvgIpc) is 2.87. The van der Waals surface area contributed by atoms with Gasteiger partial charge in [0, 0.05) is 24.4 Å². The van der Waals surface area contributed by atoms with Crippen LogP contribution in [0.3, 0.4) is 0 Å². The molecule has 0 spiro atoms. The Balaban J connectivity index is 1.91. The Bertz CT molecular complexity index is 650. The second-order valence-corrected chi connectivity index (χ2v) is 4.77. The van der Waals surface area contributed by atoms with Crippen molar-refractivity contribution in [2.24, 2.45) is 0 Å². The highest BCUT2D eigenvalue weighted by molar-refractivity contribution is 5.44. The second kappa shape index (κ2) is 7.51. The van der Waals surface area contributed by atoms with Gasteiger partial charge in [-0.15, -0.1) is 0 Å². The van der Waals surface area contributed by atoms with Crippen molar-refractivity contribution in [2.75, 3.05) is 13.2 Å². The zero-order valence-electron chi connectivity index (χ0n) is 12.5. The van der Waals surface area contributed by atoms with Gasteiger partial charge in [-0.25, -0.2) is 4.98 Å². The third kappa shape index (κ3) is 4.37. The standard InChI is InChI=1S/C17H20N2O2/c1-14-13-17(7-6-16(14)5-3-4-11-20)21-12-10-19-9-8-18-15(19)2/h6-9,13,20H,4,10-12H2,1-2H3. The van der Waals surface area contributed by atoms with E-state index in [2.05, 4.69) is 21.4 Å². The van der Waals surface area contributed by atoms with Crippen molar-refractivity contribution in [2.45, 2.75) is 26.8 Å². The van der Waals surface area contributed by atoms with Crippen LogP contribution in [-0.2, 0) is 6.54 Å². The summed E-state index contributed by atoms with van der Waals surface area (Å²) in [5.41, 5.74) is 2.05. The summed E-state index contributed by atoms with van der Waals surface area (Å²) in [7, 11) is 0. The Hall–Kier alpha value is -2.25. The van der Waals surface area contributed by atoms with Crippen LogP contribution in [0.1, 0.15) is 23.4 Å². The van der Waals surface area contributed by atoms with Crippen LogP contribution in [-0.4, -0.2) is 27.9 Å². The predicted octanol–water partition coefficient (Wildman–Crippen LogP) is 2.31. The smallest absolute Gasteiger partial charge is 0.119 e. The zero-order chi connectivity index (χ0) is 15.1. The SMILES string of the molecule is Cc1cc(OCCn2ccnc2C)ccc1C#CCCO. The Morgan fingerprint density at radius 1 is 1.33 bits per heavy atom. The van der Waals surface area contributed by atoms with E-state index in [4.69, 9.17) is 9.84 Å². The van der Waals surface area contributed by atoms with Crippen molar-refractivity contribution < 1.29 is 9.84 Å². The van der Waals surface area contributed by atoms with Crippen molar-refractivity contribution in [1.82, 2.24) is 9.55 Å². The number of hydrogen-bond donors (Lipinski definition) is 1. The highest BCUT2D eigenvalue weighted by Crippen LogP contribution is 2.16. The molecule has 0 saturated carbocycles. The van der Waals surface area contributed by atoms with Crippen molar-refractivity contribution in [1.29, 1.82) is 0 Å². The Labute approximate surface area is 125 Å². The zero-order valence-corrected chi connectivity index (χ0v) is 12.5. The van der Waals surface area contributed by atoms with Crippen LogP contribution in [0.25, 0.3) is 0 Å². The van der Waals surface area contributed by atoms with E-state index in [1.807, 2.05) is 38.2 Å². The molecule has 1 heterocycles. The van der Waals surface area contributed by atoms with E-state index in [1.165, 1.54) is 0 Å². The molecule has 0 atom stereocenters. The molecular weight excluding hydrogens is 264 g/mol. The maximum atomic E-state index is 8.72. The molecule has 4 nitrogen and oxygen atoms in total. The third-order valence-electron chi connectivity index (χ3n) is 3.18. The fourth-order valence-electron chi connectivity index (χ4n) is 1.98. The summed E-state index contributed by atoms with van der Waals surface area (Å²) in [6.07, 6.45) is 4.24. The molecule has 0 aliphatic rings. The number of benzene rings is 1. The fourth-order valence-corrected chi connectivity index (χ4v) is 1.98. The van der Waals surface area contributed by atoms with Gasteiger partial charge in [0.05, 0.1) is 13.2 Å². The fraction of sp³-hybridized carbons (Fsp3) is 0.353. The largest absolute Gasteiger partial charge is 0.492 e. The van der Waals surface area contributed by atoms with E-state index in [9.17, 15) is 0 Å². The lowest BCUT2D eigenvalue weighted by Gasteiger charge is -2.09. The molecule has 0 aliphatic heterocycles. The molecule has 110 valence electrons.